The van der Waals surface area contributed by atoms with Crippen molar-refractivity contribution in [1.29, 1.82) is 0 Å². The zero-order valence-corrected chi connectivity index (χ0v) is 25.1. The van der Waals surface area contributed by atoms with E-state index in [4.69, 9.17) is 18.9 Å². The van der Waals surface area contributed by atoms with Crippen molar-refractivity contribution in [2.45, 2.75) is 6.42 Å². The first-order chi connectivity index (χ1) is 22.5. The minimum absolute atomic E-state index is 0.0721. The monoisotopic (exact) mass is 625 g/mol. The van der Waals surface area contributed by atoms with E-state index in [1.54, 1.807) is 55.8 Å². The van der Waals surface area contributed by atoms with Crippen LogP contribution in [0.15, 0.2) is 90.1 Å². The van der Waals surface area contributed by atoms with E-state index in [9.17, 15) is 9.59 Å². The van der Waals surface area contributed by atoms with Crippen LogP contribution in [-0.2, 0) is 4.74 Å². The predicted octanol–water partition coefficient (Wildman–Crippen LogP) is 5.07. The van der Waals surface area contributed by atoms with Crippen LogP contribution in [0, 0.1) is 5.82 Å². The van der Waals surface area contributed by atoms with Gasteiger partial charge in [-0.1, -0.05) is 18.2 Å². The first-order valence-corrected chi connectivity index (χ1v) is 14.8. The van der Waals surface area contributed by atoms with Crippen LogP contribution in [0.3, 0.4) is 0 Å². The van der Waals surface area contributed by atoms with Crippen LogP contribution in [0.4, 0.5) is 10.1 Å². The van der Waals surface area contributed by atoms with Gasteiger partial charge >= 0.3 is 0 Å². The lowest BCUT2D eigenvalue weighted by atomic mass is 10.1. The highest BCUT2D eigenvalue weighted by molar-refractivity contribution is 6.02. The van der Waals surface area contributed by atoms with Gasteiger partial charge in [0.15, 0.2) is 28.8 Å². The lowest BCUT2D eigenvalue weighted by Crippen LogP contribution is -2.37. The van der Waals surface area contributed by atoms with E-state index in [0.717, 1.165) is 45.3 Å². The third kappa shape index (κ3) is 6.98. The molecule has 5 aromatic rings. The van der Waals surface area contributed by atoms with Crippen molar-refractivity contribution in [3.63, 3.8) is 0 Å². The number of morpholine rings is 1. The molecule has 0 spiro atoms. The number of nitrogens with one attached hydrogen (secondary N) is 1. The van der Waals surface area contributed by atoms with E-state index in [2.05, 4.69) is 20.2 Å². The summed E-state index contributed by atoms with van der Waals surface area (Å²) in [6, 6.07) is 18.0. The molecule has 1 fully saturated rings. The number of benzene rings is 3. The second kappa shape index (κ2) is 14.2. The number of halogens is 1. The Morgan fingerprint density at radius 1 is 0.957 bits per heavy atom. The van der Waals surface area contributed by atoms with E-state index in [-0.39, 0.29) is 17.1 Å². The molecule has 2 aromatic heterocycles. The Morgan fingerprint density at radius 2 is 1.78 bits per heavy atom. The van der Waals surface area contributed by atoms with Crippen LogP contribution in [-0.4, -0.2) is 71.9 Å². The fourth-order valence-corrected chi connectivity index (χ4v) is 5.11. The summed E-state index contributed by atoms with van der Waals surface area (Å²) in [6.07, 6.45) is 5.24. The smallest absolute Gasteiger partial charge is 0.286 e. The topological polar surface area (TPSA) is 117 Å². The van der Waals surface area contributed by atoms with Crippen LogP contribution in [0.5, 0.6) is 23.0 Å². The summed E-state index contributed by atoms with van der Waals surface area (Å²) in [5, 5.41) is 3.14. The molecule has 0 bridgehead atoms. The van der Waals surface area contributed by atoms with E-state index >= 15 is 4.39 Å². The van der Waals surface area contributed by atoms with Gasteiger partial charge in [0.2, 0.25) is 0 Å². The molecule has 6 rings (SSSR count). The Hall–Kier alpha value is -5.33. The third-order valence-corrected chi connectivity index (χ3v) is 7.47. The molecule has 46 heavy (non-hydrogen) atoms. The van der Waals surface area contributed by atoms with E-state index in [0.29, 0.717) is 40.4 Å². The molecule has 1 aliphatic heterocycles. The number of carbonyl (C=O) groups excluding carboxylic acids is 1. The Labute approximate surface area is 264 Å². The maximum Gasteiger partial charge on any atom is 0.286 e. The second-order valence-electron chi connectivity index (χ2n) is 10.5. The number of fused-ring (bicyclic) bond motifs is 1. The SMILES string of the molecule is COc1cc2c(Oc3ccc(NC(=O)c4nccn(-c5ccccc5)c4=O)cc3F)ccnc2cc1OCCCN1CCOCC1. The summed E-state index contributed by atoms with van der Waals surface area (Å²) in [5.74, 6) is -0.162. The molecular formula is C34H32FN5O6. The number of anilines is 1. The van der Waals surface area contributed by atoms with Gasteiger partial charge in [0, 0.05) is 67.1 Å². The summed E-state index contributed by atoms with van der Waals surface area (Å²) >= 11 is 0. The summed E-state index contributed by atoms with van der Waals surface area (Å²) in [4.78, 5) is 36.6. The van der Waals surface area contributed by atoms with Gasteiger partial charge in [-0.3, -0.25) is 24.0 Å². The molecule has 1 aliphatic rings. The quantitative estimate of drug-likeness (QED) is 0.201. The minimum Gasteiger partial charge on any atom is -0.493 e. The van der Waals surface area contributed by atoms with Gasteiger partial charge in [-0.25, -0.2) is 9.37 Å². The maximum atomic E-state index is 15.2. The summed E-state index contributed by atoms with van der Waals surface area (Å²) in [6.45, 7) is 4.78. The van der Waals surface area contributed by atoms with Gasteiger partial charge in [-0.15, -0.1) is 0 Å². The molecule has 236 valence electrons. The molecule has 12 heteroatoms. The molecule has 3 aromatic carbocycles. The van der Waals surface area contributed by atoms with Gasteiger partial charge in [0.05, 0.1) is 32.4 Å². The normalized spacial score (nSPS) is 13.3. The van der Waals surface area contributed by atoms with Crippen molar-refractivity contribution < 1.29 is 28.1 Å². The van der Waals surface area contributed by atoms with Crippen LogP contribution >= 0.6 is 0 Å². The molecule has 1 amide bonds. The number of aromatic nitrogens is 3. The van der Waals surface area contributed by atoms with Crippen molar-refractivity contribution in [1.82, 2.24) is 19.4 Å². The van der Waals surface area contributed by atoms with E-state index in [1.807, 2.05) is 6.07 Å². The van der Waals surface area contributed by atoms with Gasteiger partial charge in [-0.05, 0) is 42.8 Å². The van der Waals surface area contributed by atoms with Crippen molar-refractivity contribution in [3.8, 4) is 28.7 Å². The van der Waals surface area contributed by atoms with Gasteiger partial charge in [0.1, 0.15) is 5.75 Å². The van der Waals surface area contributed by atoms with E-state index < -0.39 is 17.3 Å². The van der Waals surface area contributed by atoms with Crippen molar-refractivity contribution >= 4 is 22.5 Å². The molecule has 1 N–H and O–H groups in total. The van der Waals surface area contributed by atoms with Crippen molar-refractivity contribution in [2.24, 2.45) is 0 Å². The number of methoxy groups -OCH3 is 1. The lowest BCUT2D eigenvalue weighted by molar-refractivity contribution is 0.0357. The average Bonchev–Trinajstić information content (AvgIpc) is 3.08. The molecule has 0 radical (unpaired) electrons. The van der Waals surface area contributed by atoms with Gasteiger partial charge in [0.25, 0.3) is 11.5 Å². The summed E-state index contributed by atoms with van der Waals surface area (Å²) < 4.78 is 39.5. The molecule has 0 unspecified atom stereocenters. The molecule has 0 atom stereocenters. The fraction of sp³-hybridized carbons (Fsp3) is 0.235. The van der Waals surface area contributed by atoms with Gasteiger partial charge in [-0.2, -0.15) is 0 Å². The zero-order chi connectivity index (χ0) is 31.9. The molecule has 0 saturated carbocycles. The number of nitrogens with zero attached hydrogens (tertiary/aromatic N) is 4. The highest BCUT2D eigenvalue weighted by Gasteiger charge is 2.18. The fourth-order valence-electron chi connectivity index (χ4n) is 5.11. The van der Waals surface area contributed by atoms with Crippen molar-refractivity contribution in [2.75, 3.05) is 51.9 Å². The number of rotatable bonds is 11. The predicted molar refractivity (Wildman–Crippen MR) is 170 cm³/mol. The van der Waals surface area contributed by atoms with Gasteiger partial charge < -0.3 is 24.3 Å². The number of carbonyl (C=O) groups is 1. The standard InChI is InChI=1S/C34H32FN5O6/c1-43-30-21-25-27(22-31(30)45-17-5-13-39-15-18-44-19-16-39)36-11-10-28(25)46-29-9-8-23(20-26(29)35)38-33(41)32-34(42)40(14-12-37-32)24-6-3-2-4-7-24/h2-4,6-12,14,20-22H,5,13,15-19H2,1H3,(H,38,41). The molecule has 0 aliphatic carbocycles. The second-order valence-corrected chi connectivity index (χ2v) is 10.5. The molecule has 3 heterocycles. The third-order valence-electron chi connectivity index (χ3n) is 7.47. The molecular weight excluding hydrogens is 593 g/mol. The number of hydrogen-bond acceptors (Lipinski definition) is 9. The maximum absolute atomic E-state index is 15.2. The number of hydrogen-bond donors (Lipinski definition) is 1. The van der Waals surface area contributed by atoms with Crippen molar-refractivity contribution in [3.05, 3.63) is 107 Å². The van der Waals surface area contributed by atoms with Crippen LogP contribution in [0.2, 0.25) is 0 Å². The molecule has 11 nitrogen and oxygen atoms in total. The first kappa shape index (κ1) is 30.7. The number of pyridine rings is 1. The largest absolute Gasteiger partial charge is 0.493 e. The average molecular weight is 626 g/mol. The summed E-state index contributed by atoms with van der Waals surface area (Å²) in [5.41, 5.74) is 0.365. The highest BCUT2D eigenvalue weighted by atomic mass is 19.1. The first-order valence-electron chi connectivity index (χ1n) is 14.8. The Bertz CT molecular complexity index is 1900. The molecule has 1 saturated heterocycles. The highest BCUT2D eigenvalue weighted by Crippen LogP contribution is 2.38. The Morgan fingerprint density at radius 3 is 2.57 bits per heavy atom. The Balaban J connectivity index is 1.14. The summed E-state index contributed by atoms with van der Waals surface area (Å²) in [7, 11) is 1.55. The van der Waals surface area contributed by atoms with Crippen LogP contribution in [0.1, 0.15) is 16.9 Å². The number of para-hydroxylation sites is 1. The minimum atomic E-state index is -0.769. The zero-order valence-electron chi connectivity index (χ0n) is 25.1. The van der Waals surface area contributed by atoms with Crippen LogP contribution < -0.4 is 25.1 Å². The van der Waals surface area contributed by atoms with E-state index in [1.165, 1.54) is 29.1 Å². The lowest BCUT2D eigenvalue weighted by Gasteiger charge is -2.26. The number of ether oxygens (including phenoxy) is 4. The van der Waals surface area contributed by atoms with Crippen LogP contribution in [0.25, 0.3) is 16.6 Å². The number of amides is 1. The Kier molecular flexibility index (Phi) is 9.46.